The SMILES string of the molecule is C1=CC([Si](CCCOc2ccccc2)(CCCOc2ccccc2)C2C=Cc3ccccc32)c2ccccc21.Cl[Si](Cl)(CCCOc1ccccc1)CCCOc1ccccc1.S=S=S=S=S=S=S=S=S=S=S=S=S=S=S=S=S=S=S=S=S=S=S=S=S=S=S=S=S=S=S=S=S=S=S=S=S=S=S.S=S=S=S=S=S=S=S=S=S=S=S=S=S=S=S=S=S=S=S=S=S=S=S=S=S=S=S=S=S=S=S=S=S=S=S=S=S=S=S. The molecule has 6 aromatic carbocycles. The lowest BCUT2D eigenvalue weighted by Crippen LogP contribution is -2.47. The molecule has 87 heteroatoms. The Morgan fingerprint density at radius 3 is 0.511 bits per heavy atom. The maximum atomic E-state index is 6.49. The summed E-state index contributed by atoms with van der Waals surface area (Å²) in [5.74, 6) is 3.69. The lowest BCUT2D eigenvalue weighted by molar-refractivity contribution is 0.313. The van der Waals surface area contributed by atoms with Crippen molar-refractivity contribution in [2.24, 2.45) is 0 Å². The summed E-state index contributed by atoms with van der Waals surface area (Å²) in [7, 11) is 131. The Labute approximate surface area is 1070 Å². The first-order valence-electron chi connectivity index (χ1n) is 35.0. The van der Waals surface area contributed by atoms with E-state index < -0.39 is 14.8 Å². The van der Waals surface area contributed by atoms with Gasteiger partial charge in [-0.2, -0.15) is 0 Å². The third-order valence-corrected chi connectivity index (χ3v) is 187. The molecule has 0 aromatic heterocycles. The molecule has 2 unspecified atom stereocenters. The van der Waals surface area contributed by atoms with Crippen molar-refractivity contribution < 1.29 is 18.9 Å². The van der Waals surface area contributed by atoms with E-state index in [9.17, 15) is 0 Å². The van der Waals surface area contributed by atoms with Crippen LogP contribution in [0.5, 0.6) is 23.0 Å². The molecule has 0 amide bonds. The van der Waals surface area contributed by atoms with Crippen LogP contribution in [0.3, 0.4) is 0 Å². The molecule has 6 aromatic rings. The number of allylic oxidation sites excluding steroid dienone is 2. The molecule has 2 aliphatic carbocycles. The average molecular weight is 3430 g/mol. The van der Waals surface area contributed by atoms with Crippen LogP contribution in [0.4, 0.5) is 0 Å². The van der Waals surface area contributed by atoms with E-state index in [2.05, 4.69) is 97.1 Å². The number of para-hydroxylation sites is 4. The molecule has 0 bridgehead atoms. The predicted octanol–water partition coefficient (Wildman–Crippen LogP) is 14.7. The summed E-state index contributed by atoms with van der Waals surface area (Å²) >= 11 is 32.2. The highest BCUT2D eigenvalue weighted by Gasteiger charge is 2.49. The number of fused-ring (bicyclic) bond motifs is 2. The molecular weight excluding hydrogens is 3370 g/mol. The number of ether oxygens (including phenoxy) is 4. The molecule has 0 heterocycles. The number of rotatable bonds is 22. The lowest BCUT2D eigenvalue weighted by Gasteiger charge is -2.42. The number of halogens is 2. The highest BCUT2D eigenvalue weighted by Crippen LogP contribution is 2.52. The minimum atomic E-state index is -2.20. The van der Waals surface area contributed by atoms with Gasteiger partial charge in [-0.3, -0.25) is 0 Å². The Hall–Kier alpha value is 12.4. The number of benzene rings is 6. The summed E-state index contributed by atoms with van der Waals surface area (Å²) in [6.45, 7) is 0.599. The molecule has 0 aliphatic heterocycles. The standard InChI is InChI=1S/C36H36O2Si.C18H22Cl2O2Si.S40.S39/c1-3-15-31(16-4-1)37-25-11-27-39(28-12-26-38-32-17-5-2-6-18-32,35-23-21-29-13-7-9-19-33(29)35)36-24-22-30-14-8-10-20-34(30)36;19-23(20,15-7-13-21-17-9-3-1-4-10-17)16-8-14-22-18-11-5-2-6-12-18;1-3-5-7-9-11-13-15-17-19-21-23-25-27-29-31-33-35-37-39-40-38-36-34-32-30-28-26-24-22-20-18-16-14-12-10-8-6-4-2;1-3-5-7-9-11-13-15-17-19-21-23-25-27-29-31-33-35-37-39-38-36-34-32-30-28-26-24-22-20-18-16-14-12-10-8-6-4-2/h1-10,13-24,35-36H,11-12,25-28H2;1-6,9-12H,7-8,13-16H2;;. The first kappa shape index (κ1) is 144. The van der Waals surface area contributed by atoms with Gasteiger partial charge in [-0.1, -0.05) is 158 Å². The largest absolute Gasteiger partial charge is 0.494 e. The maximum Gasteiger partial charge on any atom is 0.251 e. The van der Waals surface area contributed by atoms with Crippen LogP contribution < -0.4 is 18.9 Å². The van der Waals surface area contributed by atoms with E-state index in [4.69, 9.17) is 85.9 Å². The molecule has 0 fully saturated rings. The van der Waals surface area contributed by atoms with Crippen molar-refractivity contribution in [2.45, 2.75) is 60.9 Å². The van der Waals surface area contributed by atoms with Crippen LogP contribution in [0.1, 0.15) is 59.0 Å². The van der Waals surface area contributed by atoms with Gasteiger partial charge in [0.2, 0.25) is 0 Å². The molecule has 2 aliphatic rings. The second kappa shape index (κ2) is 111. The fourth-order valence-corrected chi connectivity index (χ4v) is 214. The second-order valence-corrected chi connectivity index (χ2v) is 166. The van der Waals surface area contributed by atoms with E-state index in [0.29, 0.717) is 24.3 Å². The van der Waals surface area contributed by atoms with Gasteiger partial charge in [-0.05, 0) is 120 Å². The summed E-state index contributed by atoms with van der Waals surface area (Å²) < 4.78 is 23.8. The minimum absolute atomic E-state index is 0.475. The zero-order valence-electron chi connectivity index (χ0n) is 67.8. The number of hydrogen-bond acceptors (Lipinski definition) is 8. The van der Waals surface area contributed by atoms with E-state index in [1.807, 2.05) is 514 Å². The van der Waals surface area contributed by atoms with Crippen LogP contribution in [0, 0.1) is 0 Å². The highest BCUT2D eigenvalue weighted by molar-refractivity contribution is 8.85. The van der Waals surface area contributed by atoms with Gasteiger partial charge < -0.3 is 18.9 Å². The Bertz CT molecular complexity index is 8690. The summed E-state index contributed by atoms with van der Waals surface area (Å²) in [4.78, 5) is 0. The molecule has 794 valence electrons. The highest BCUT2D eigenvalue weighted by atomic mass is 35.7. The van der Waals surface area contributed by atoms with Crippen LogP contribution in [0.15, 0.2) is 182 Å². The Balaban J connectivity index is 0.000000337. The van der Waals surface area contributed by atoms with Gasteiger partial charge in [0.1, 0.15) is 23.0 Å². The Morgan fingerprint density at radius 2 is 0.340 bits per heavy atom. The fourth-order valence-electron chi connectivity index (χ4n) is 9.66. The van der Waals surface area contributed by atoms with E-state index in [0.717, 1.165) is 74.0 Å². The first-order chi connectivity index (χ1) is 69.8. The van der Waals surface area contributed by atoms with Crippen molar-refractivity contribution in [1.82, 2.24) is 0 Å². The van der Waals surface area contributed by atoms with Gasteiger partial charge in [-0.25, -0.2) is 0 Å². The molecule has 141 heavy (non-hydrogen) atoms. The average Bonchev–Trinajstić information content (AvgIpc) is 1.61. The number of hydrogen-bond donors (Lipinski definition) is 0. The fraction of sp³-hybridized carbons (Fsp3) is 0.259. The van der Waals surface area contributed by atoms with E-state index in [1.165, 1.54) is 69.9 Å². The predicted molar refractivity (Wildman–Crippen MR) is 847 cm³/mol. The summed E-state index contributed by atoms with van der Waals surface area (Å²) in [6.07, 6.45) is 13.7. The van der Waals surface area contributed by atoms with Crippen LogP contribution in [0.25, 0.3) is 12.2 Å². The molecule has 0 radical (unpaired) electrons. The second-order valence-electron chi connectivity index (χ2n) is 21.2. The lowest BCUT2D eigenvalue weighted by atomic mass is 10.1. The van der Waals surface area contributed by atoms with Crippen molar-refractivity contribution in [3.8, 4) is 23.0 Å². The molecule has 0 saturated carbocycles. The topological polar surface area (TPSA) is 36.9 Å². The van der Waals surface area contributed by atoms with Crippen LogP contribution >= 0.6 is 22.2 Å². The Kier molecular flexibility index (Phi) is 113. The zero-order valence-corrected chi connectivity index (χ0v) is 136. The van der Waals surface area contributed by atoms with Gasteiger partial charge in [0.15, 0.2) is 0 Å². The Morgan fingerprint density at radius 1 is 0.191 bits per heavy atom. The molecule has 4 nitrogen and oxygen atoms in total. The van der Waals surface area contributed by atoms with Crippen molar-refractivity contribution in [3.05, 3.63) is 204 Å². The smallest absolute Gasteiger partial charge is 0.251 e. The van der Waals surface area contributed by atoms with Crippen molar-refractivity contribution in [1.29, 1.82) is 0 Å². The quantitative estimate of drug-likeness (QED) is 0.0378. The van der Waals surface area contributed by atoms with Gasteiger partial charge in [0, 0.05) is 711 Å². The zero-order chi connectivity index (χ0) is 99.7. The van der Waals surface area contributed by atoms with E-state index in [-0.39, 0.29) is 0 Å². The molecule has 2 atom stereocenters. The summed E-state index contributed by atoms with van der Waals surface area (Å²) in [5.41, 5.74) is 6.74. The normalized spacial score (nSPS) is 10.9. The summed E-state index contributed by atoms with van der Waals surface area (Å²) in [5, 5.41) is 0. The third kappa shape index (κ3) is 85.0. The van der Waals surface area contributed by atoms with Crippen molar-refractivity contribution in [2.75, 3.05) is 26.4 Å². The first-order valence-corrected chi connectivity index (χ1v) is 145. The summed E-state index contributed by atoms with van der Waals surface area (Å²) in [6, 6.07) is 62.2. The van der Waals surface area contributed by atoms with E-state index >= 15 is 0 Å². The van der Waals surface area contributed by atoms with E-state index in [1.54, 1.807) is 213 Å². The van der Waals surface area contributed by atoms with Gasteiger partial charge in [0.25, 0.3) is 6.69 Å². The van der Waals surface area contributed by atoms with Crippen molar-refractivity contribution in [3.63, 3.8) is 0 Å². The van der Waals surface area contributed by atoms with Gasteiger partial charge >= 0.3 is 0 Å². The van der Waals surface area contributed by atoms with Crippen molar-refractivity contribution >= 4 is 760 Å². The van der Waals surface area contributed by atoms with Crippen LogP contribution in [-0.2, 0) is 711 Å². The molecule has 8 rings (SSSR count). The molecular formula is C54H58Cl2O4S79Si2. The van der Waals surface area contributed by atoms with Gasteiger partial charge in [-0.15, -0.1) is 22.2 Å². The maximum absolute atomic E-state index is 6.49. The molecule has 0 N–H and O–H groups in total. The molecule has 0 spiro atoms. The minimum Gasteiger partial charge on any atom is -0.494 e. The van der Waals surface area contributed by atoms with Gasteiger partial charge in [0.05, 0.1) is 34.5 Å². The molecule has 0 saturated heterocycles. The van der Waals surface area contributed by atoms with Crippen LogP contribution in [0.2, 0.25) is 24.2 Å². The van der Waals surface area contributed by atoms with Crippen LogP contribution in [-0.4, -0.2) is 41.2 Å². The monoisotopic (exact) mass is 3420 g/mol. The third-order valence-electron chi connectivity index (χ3n) is 13.9.